The number of fused-ring (bicyclic) bond motifs is 1. The van der Waals surface area contributed by atoms with E-state index in [1.165, 1.54) is 10.2 Å². The average molecular weight is 520 g/mol. The van der Waals surface area contributed by atoms with Crippen molar-refractivity contribution in [2.45, 2.75) is 33.3 Å². The van der Waals surface area contributed by atoms with Gasteiger partial charge in [-0.25, -0.2) is 4.98 Å². The van der Waals surface area contributed by atoms with Crippen LogP contribution >= 0.6 is 15.9 Å². The molecular weight excluding hydrogens is 494 g/mol. The molecule has 1 heterocycles. The number of hydrogen-bond acceptors (Lipinski definition) is 5. The molecule has 0 bridgehead atoms. The van der Waals surface area contributed by atoms with Gasteiger partial charge < -0.3 is 9.47 Å². The molecule has 6 nitrogen and oxygen atoms in total. The Kier molecular flexibility index (Phi) is 7.43. The van der Waals surface area contributed by atoms with Crippen LogP contribution in [0.5, 0.6) is 11.5 Å². The highest BCUT2D eigenvalue weighted by molar-refractivity contribution is 9.10. The second-order valence-corrected chi connectivity index (χ2v) is 8.87. The Morgan fingerprint density at radius 1 is 1.12 bits per heavy atom. The van der Waals surface area contributed by atoms with E-state index in [9.17, 15) is 4.79 Å². The van der Waals surface area contributed by atoms with Crippen LogP contribution in [0.2, 0.25) is 0 Å². The molecule has 0 N–H and O–H groups in total. The first-order chi connectivity index (χ1) is 16.5. The predicted molar refractivity (Wildman–Crippen MR) is 139 cm³/mol. The van der Waals surface area contributed by atoms with Crippen LogP contribution in [0.1, 0.15) is 35.9 Å². The monoisotopic (exact) mass is 519 g/mol. The number of hydrogen-bond donors (Lipinski definition) is 0. The van der Waals surface area contributed by atoms with Gasteiger partial charge in [0.05, 0.1) is 24.2 Å². The number of nitrogens with zero attached hydrogens (tertiary/aromatic N) is 3. The number of ether oxygens (including phenoxy) is 2. The summed E-state index contributed by atoms with van der Waals surface area (Å²) in [5, 5.41) is 5.05. The predicted octanol–water partition coefficient (Wildman–Crippen LogP) is 5.89. The standard InChI is InChI=1S/C27H26BrN3O3/c1-4-6-25-30-23-14-13-21(28)15-22(23)27(32)31(25)29-16-20-7-5-8-24(33-3)26(20)34-17-19-11-9-18(2)10-12-19/h5,7-16H,4,6,17H2,1-3H3. The summed E-state index contributed by atoms with van der Waals surface area (Å²) in [7, 11) is 1.60. The van der Waals surface area contributed by atoms with E-state index >= 15 is 0 Å². The molecule has 0 radical (unpaired) electrons. The van der Waals surface area contributed by atoms with E-state index in [4.69, 9.17) is 14.5 Å². The zero-order valence-corrected chi connectivity index (χ0v) is 21.0. The van der Waals surface area contributed by atoms with Gasteiger partial charge in [0, 0.05) is 16.5 Å². The molecule has 0 fully saturated rings. The van der Waals surface area contributed by atoms with Gasteiger partial charge in [0.1, 0.15) is 12.4 Å². The minimum Gasteiger partial charge on any atom is -0.493 e. The summed E-state index contributed by atoms with van der Waals surface area (Å²) >= 11 is 3.44. The van der Waals surface area contributed by atoms with Crippen LogP contribution in [0.3, 0.4) is 0 Å². The Bertz CT molecular complexity index is 1400. The zero-order valence-electron chi connectivity index (χ0n) is 19.4. The van der Waals surface area contributed by atoms with Gasteiger partial charge in [-0.3, -0.25) is 4.79 Å². The molecule has 0 amide bonds. The fourth-order valence-electron chi connectivity index (χ4n) is 3.61. The lowest BCUT2D eigenvalue weighted by Gasteiger charge is -2.14. The Labute approximate surface area is 207 Å². The molecule has 4 rings (SSSR count). The van der Waals surface area contributed by atoms with Crippen molar-refractivity contribution >= 4 is 33.0 Å². The molecule has 0 atom stereocenters. The third-order valence-corrected chi connectivity index (χ3v) is 5.89. The van der Waals surface area contributed by atoms with Crippen molar-refractivity contribution in [3.8, 4) is 11.5 Å². The van der Waals surface area contributed by atoms with Crippen molar-refractivity contribution in [2.75, 3.05) is 7.11 Å². The molecule has 174 valence electrons. The van der Waals surface area contributed by atoms with Gasteiger partial charge in [-0.1, -0.05) is 58.7 Å². The van der Waals surface area contributed by atoms with Crippen molar-refractivity contribution in [2.24, 2.45) is 5.10 Å². The van der Waals surface area contributed by atoms with Gasteiger partial charge in [-0.2, -0.15) is 9.78 Å². The highest BCUT2D eigenvalue weighted by Crippen LogP contribution is 2.31. The molecule has 7 heteroatoms. The number of aromatic nitrogens is 2. The van der Waals surface area contributed by atoms with Gasteiger partial charge in [0.25, 0.3) is 5.56 Å². The lowest BCUT2D eigenvalue weighted by molar-refractivity contribution is 0.284. The minimum absolute atomic E-state index is 0.212. The summed E-state index contributed by atoms with van der Waals surface area (Å²) in [5.41, 5.74) is 3.39. The van der Waals surface area contributed by atoms with Crippen molar-refractivity contribution in [1.29, 1.82) is 0 Å². The van der Waals surface area contributed by atoms with E-state index in [1.807, 2.05) is 49.4 Å². The fourth-order valence-corrected chi connectivity index (χ4v) is 3.97. The minimum atomic E-state index is -0.212. The maximum atomic E-state index is 13.3. The van der Waals surface area contributed by atoms with E-state index in [0.717, 1.165) is 16.5 Å². The van der Waals surface area contributed by atoms with E-state index < -0.39 is 0 Å². The van der Waals surface area contributed by atoms with E-state index in [2.05, 4.69) is 40.1 Å². The Morgan fingerprint density at radius 2 is 1.91 bits per heavy atom. The van der Waals surface area contributed by atoms with Crippen molar-refractivity contribution in [3.63, 3.8) is 0 Å². The highest BCUT2D eigenvalue weighted by Gasteiger charge is 2.13. The maximum Gasteiger partial charge on any atom is 0.282 e. The summed E-state index contributed by atoms with van der Waals surface area (Å²) < 4.78 is 13.9. The molecule has 0 aliphatic carbocycles. The van der Waals surface area contributed by atoms with Crippen LogP contribution in [0.15, 0.2) is 75.0 Å². The van der Waals surface area contributed by atoms with Crippen LogP contribution in [-0.2, 0) is 13.0 Å². The fraction of sp³-hybridized carbons (Fsp3) is 0.222. The smallest absolute Gasteiger partial charge is 0.282 e. The molecule has 0 spiro atoms. The Balaban J connectivity index is 1.73. The first kappa shape index (κ1) is 23.7. The quantitative estimate of drug-likeness (QED) is 0.272. The summed E-state index contributed by atoms with van der Waals surface area (Å²) in [4.78, 5) is 18.0. The van der Waals surface area contributed by atoms with E-state index in [-0.39, 0.29) is 5.56 Å². The molecule has 0 unspecified atom stereocenters. The lowest BCUT2D eigenvalue weighted by atomic mass is 10.1. The molecular formula is C27H26BrN3O3. The third-order valence-electron chi connectivity index (χ3n) is 5.39. The average Bonchev–Trinajstić information content (AvgIpc) is 2.84. The van der Waals surface area contributed by atoms with Crippen LogP contribution in [0.4, 0.5) is 0 Å². The third kappa shape index (κ3) is 5.20. The molecule has 3 aromatic carbocycles. The number of para-hydroxylation sites is 1. The number of halogens is 1. The van der Waals surface area contributed by atoms with Crippen molar-refractivity contribution in [3.05, 3.63) is 98.0 Å². The zero-order chi connectivity index (χ0) is 24.1. The van der Waals surface area contributed by atoms with E-state index in [0.29, 0.717) is 46.8 Å². The number of benzene rings is 3. The van der Waals surface area contributed by atoms with Gasteiger partial charge in [-0.15, -0.1) is 0 Å². The summed E-state index contributed by atoms with van der Waals surface area (Å²) in [5.74, 6) is 1.78. The van der Waals surface area contributed by atoms with Crippen LogP contribution in [-0.4, -0.2) is 23.0 Å². The number of methoxy groups -OCH3 is 1. The maximum absolute atomic E-state index is 13.3. The molecule has 0 aliphatic rings. The van der Waals surface area contributed by atoms with Gasteiger partial charge >= 0.3 is 0 Å². The molecule has 0 saturated heterocycles. The number of aryl methyl sites for hydroxylation is 2. The summed E-state index contributed by atoms with van der Waals surface area (Å²) in [6, 6.07) is 19.3. The molecule has 4 aromatic rings. The lowest BCUT2D eigenvalue weighted by Crippen LogP contribution is -2.22. The first-order valence-corrected chi connectivity index (χ1v) is 11.9. The molecule has 0 saturated carbocycles. The van der Waals surface area contributed by atoms with Crippen molar-refractivity contribution in [1.82, 2.24) is 9.66 Å². The van der Waals surface area contributed by atoms with Gasteiger partial charge in [-0.05, 0) is 49.2 Å². The summed E-state index contributed by atoms with van der Waals surface area (Å²) in [6.07, 6.45) is 3.10. The van der Waals surface area contributed by atoms with Gasteiger partial charge in [0.2, 0.25) is 0 Å². The first-order valence-electron chi connectivity index (χ1n) is 11.1. The van der Waals surface area contributed by atoms with E-state index in [1.54, 1.807) is 19.4 Å². The topological polar surface area (TPSA) is 65.7 Å². The molecule has 34 heavy (non-hydrogen) atoms. The normalized spacial score (nSPS) is 11.3. The van der Waals surface area contributed by atoms with Crippen LogP contribution in [0.25, 0.3) is 10.9 Å². The number of rotatable bonds is 8. The molecule has 1 aromatic heterocycles. The SMILES string of the molecule is CCCc1nc2ccc(Br)cc2c(=O)n1N=Cc1cccc(OC)c1OCc1ccc(C)cc1. The summed E-state index contributed by atoms with van der Waals surface area (Å²) in [6.45, 7) is 4.48. The molecule has 0 aliphatic heterocycles. The Morgan fingerprint density at radius 3 is 2.65 bits per heavy atom. The largest absolute Gasteiger partial charge is 0.493 e. The second-order valence-electron chi connectivity index (χ2n) is 7.95. The Hall–Kier alpha value is -3.45. The second kappa shape index (κ2) is 10.7. The van der Waals surface area contributed by atoms with Gasteiger partial charge in [0.15, 0.2) is 11.5 Å². The van der Waals surface area contributed by atoms with Crippen molar-refractivity contribution < 1.29 is 9.47 Å². The highest BCUT2D eigenvalue weighted by atomic mass is 79.9. The van der Waals surface area contributed by atoms with Crippen LogP contribution < -0.4 is 15.0 Å². The van der Waals surface area contributed by atoms with Crippen LogP contribution in [0, 0.1) is 6.92 Å².